The molecular weight excluding hydrogens is 461 g/mol. The summed E-state index contributed by atoms with van der Waals surface area (Å²) in [6, 6.07) is 12.8. The summed E-state index contributed by atoms with van der Waals surface area (Å²) in [5, 5.41) is 1.22. The lowest BCUT2D eigenvalue weighted by Gasteiger charge is -2.11. The first-order valence-electron chi connectivity index (χ1n) is 10.5. The van der Waals surface area contributed by atoms with Crippen LogP contribution in [0.3, 0.4) is 0 Å². The third-order valence-corrected chi connectivity index (χ3v) is 5.86. The Hall–Kier alpha value is -3.09. The molecule has 2 aromatic heterocycles. The molecule has 170 valence electrons. The first-order chi connectivity index (χ1) is 15.9. The highest BCUT2D eigenvalue weighted by atomic mass is 35.5. The molecule has 0 bridgehead atoms. The van der Waals surface area contributed by atoms with Crippen molar-refractivity contribution in [3.63, 3.8) is 0 Å². The highest BCUT2D eigenvalue weighted by molar-refractivity contribution is 6.35. The fourth-order valence-electron chi connectivity index (χ4n) is 3.67. The first kappa shape index (κ1) is 23.1. The zero-order valence-corrected chi connectivity index (χ0v) is 20.1. The van der Waals surface area contributed by atoms with Crippen LogP contribution in [-0.2, 0) is 17.9 Å². The van der Waals surface area contributed by atoms with Crippen LogP contribution in [0.25, 0.3) is 11.0 Å². The molecule has 2 aromatic carbocycles. The second-order valence-electron chi connectivity index (χ2n) is 7.65. The van der Waals surface area contributed by atoms with Crippen LogP contribution in [0.4, 0.5) is 0 Å². The van der Waals surface area contributed by atoms with Gasteiger partial charge in [0.25, 0.3) is 0 Å². The topological polar surface area (TPSA) is 66.2 Å². The number of hydrogen-bond acceptors (Lipinski definition) is 5. The molecule has 0 spiro atoms. The number of benzene rings is 2. The van der Waals surface area contributed by atoms with Gasteiger partial charge in [0.1, 0.15) is 12.4 Å². The van der Waals surface area contributed by atoms with Crippen LogP contribution in [0, 0.1) is 13.8 Å². The molecule has 0 fully saturated rings. The Bertz CT molecular complexity index is 1330. The van der Waals surface area contributed by atoms with E-state index in [1.54, 1.807) is 25.1 Å². The van der Waals surface area contributed by atoms with Crippen LogP contribution in [0.5, 0.6) is 5.88 Å². The number of nitrogens with zero attached hydrogens (tertiary/aromatic N) is 3. The van der Waals surface area contributed by atoms with E-state index in [2.05, 4.69) is 15.6 Å². The first-order valence-corrected chi connectivity index (χ1v) is 11.3. The minimum absolute atomic E-state index is 0.294. The van der Waals surface area contributed by atoms with Gasteiger partial charge in [-0.25, -0.2) is 14.8 Å². The largest absolute Gasteiger partial charge is 0.473 e. The number of aromatic nitrogens is 3. The van der Waals surface area contributed by atoms with Crippen molar-refractivity contribution in [3.8, 4) is 5.88 Å². The summed E-state index contributed by atoms with van der Waals surface area (Å²) in [7, 11) is 0. The van der Waals surface area contributed by atoms with E-state index >= 15 is 0 Å². The van der Waals surface area contributed by atoms with Gasteiger partial charge in [-0.05, 0) is 61.7 Å². The van der Waals surface area contributed by atoms with E-state index in [0.29, 0.717) is 41.2 Å². The quantitative estimate of drug-likeness (QED) is 0.294. The Labute approximate surface area is 202 Å². The van der Waals surface area contributed by atoms with Crippen molar-refractivity contribution < 1.29 is 14.3 Å². The SMILES string of the molecule is CCOC(=O)c1ccnc(OCc2cc(C)c3nc(C)n(Cc4ccc(Cl)cc4Cl)c3c2)c1. The van der Waals surface area contributed by atoms with Crippen LogP contribution in [0.2, 0.25) is 10.0 Å². The standard InChI is InChI=1S/C25H23Cl2N3O3/c1-4-32-25(31)18-7-8-28-23(11-18)33-14-17-9-15(2)24-22(10-17)30(16(3)29-24)13-19-5-6-20(26)12-21(19)27/h5-12H,4,13-14H2,1-3H3. The second-order valence-corrected chi connectivity index (χ2v) is 8.50. The molecule has 0 aliphatic rings. The Morgan fingerprint density at radius 2 is 1.91 bits per heavy atom. The summed E-state index contributed by atoms with van der Waals surface area (Å²) in [6.07, 6.45) is 1.53. The summed E-state index contributed by atoms with van der Waals surface area (Å²) < 4.78 is 13.0. The minimum atomic E-state index is -0.401. The lowest BCUT2D eigenvalue weighted by atomic mass is 10.1. The molecule has 2 heterocycles. The molecule has 0 unspecified atom stereocenters. The highest BCUT2D eigenvalue weighted by Crippen LogP contribution is 2.27. The van der Waals surface area contributed by atoms with E-state index in [9.17, 15) is 4.79 Å². The Kier molecular flexibility index (Phi) is 6.86. The second kappa shape index (κ2) is 9.81. The van der Waals surface area contributed by atoms with Crippen LogP contribution >= 0.6 is 23.2 Å². The fraction of sp³-hybridized carbons (Fsp3) is 0.240. The molecule has 4 rings (SSSR count). The van der Waals surface area contributed by atoms with Gasteiger partial charge in [-0.1, -0.05) is 35.3 Å². The molecule has 0 saturated heterocycles. The van der Waals surface area contributed by atoms with E-state index in [1.807, 2.05) is 32.0 Å². The van der Waals surface area contributed by atoms with Crippen molar-refractivity contribution in [2.75, 3.05) is 6.61 Å². The molecule has 6 nitrogen and oxygen atoms in total. The van der Waals surface area contributed by atoms with Crippen LogP contribution in [0.15, 0.2) is 48.7 Å². The number of fused-ring (bicyclic) bond motifs is 1. The molecule has 0 atom stereocenters. The van der Waals surface area contributed by atoms with Gasteiger partial charge >= 0.3 is 5.97 Å². The molecule has 8 heteroatoms. The third kappa shape index (κ3) is 5.13. The Morgan fingerprint density at radius 1 is 1.09 bits per heavy atom. The van der Waals surface area contributed by atoms with Crippen molar-refractivity contribution in [1.29, 1.82) is 0 Å². The number of pyridine rings is 1. The molecule has 0 N–H and O–H groups in total. The number of carbonyl (C=O) groups excluding carboxylic acids is 1. The lowest BCUT2D eigenvalue weighted by molar-refractivity contribution is 0.0525. The van der Waals surface area contributed by atoms with Crippen LogP contribution < -0.4 is 4.74 Å². The molecule has 0 aliphatic carbocycles. The summed E-state index contributed by atoms with van der Waals surface area (Å²) in [6.45, 7) is 6.95. The molecule has 0 saturated carbocycles. The number of ether oxygens (including phenoxy) is 2. The lowest BCUT2D eigenvalue weighted by Crippen LogP contribution is -2.06. The molecular formula is C25H23Cl2N3O3. The predicted molar refractivity (Wildman–Crippen MR) is 129 cm³/mol. The smallest absolute Gasteiger partial charge is 0.338 e. The molecule has 0 radical (unpaired) electrons. The van der Waals surface area contributed by atoms with Gasteiger partial charge in [0.05, 0.1) is 29.7 Å². The van der Waals surface area contributed by atoms with Gasteiger partial charge in [0.15, 0.2) is 0 Å². The highest BCUT2D eigenvalue weighted by Gasteiger charge is 2.14. The normalized spacial score (nSPS) is 11.1. The van der Waals surface area contributed by atoms with Crippen molar-refractivity contribution in [2.24, 2.45) is 0 Å². The van der Waals surface area contributed by atoms with Gasteiger partial charge in [0, 0.05) is 22.3 Å². The maximum absolute atomic E-state index is 12.0. The number of carbonyl (C=O) groups is 1. The number of imidazole rings is 1. The van der Waals surface area contributed by atoms with Crippen molar-refractivity contribution >= 4 is 40.2 Å². The van der Waals surface area contributed by atoms with E-state index in [4.69, 9.17) is 37.7 Å². The van der Waals surface area contributed by atoms with Gasteiger partial charge in [-0.15, -0.1) is 0 Å². The van der Waals surface area contributed by atoms with Crippen LogP contribution in [-0.4, -0.2) is 27.1 Å². The third-order valence-electron chi connectivity index (χ3n) is 5.27. The maximum Gasteiger partial charge on any atom is 0.338 e. The molecule has 0 amide bonds. The van der Waals surface area contributed by atoms with E-state index < -0.39 is 5.97 Å². The number of esters is 1. The van der Waals surface area contributed by atoms with Gasteiger partial charge in [-0.2, -0.15) is 0 Å². The number of halogens is 2. The van der Waals surface area contributed by atoms with Gasteiger partial charge in [-0.3, -0.25) is 0 Å². The average molecular weight is 484 g/mol. The van der Waals surface area contributed by atoms with Crippen molar-refractivity contribution in [2.45, 2.75) is 33.9 Å². The number of hydrogen-bond donors (Lipinski definition) is 0. The summed E-state index contributed by atoms with van der Waals surface area (Å²) in [5.41, 5.74) is 5.30. The zero-order chi connectivity index (χ0) is 23.5. The molecule has 33 heavy (non-hydrogen) atoms. The minimum Gasteiger partial charge on any atom is -0.473 e. The van der Waals surface area contributed by atoms with Gasteiger partial charge < -0.3 is 14.0 Å². The zero-order valence-electron chi connectivity index (χ0n) is 18.6. The Morgan fingerprint density at radius 3 is 2.67 bits per heavy atom. The van der Waals surface area contributed by atoms with Crippen molar-refractivity contribution in [3.05, 3.63) is 86.8 Å². The van der Waals surface area contributed by atoms with E-state index in [0.717, 1.165) is 33.5 Å². The fourth-order valence-corrected chi connectivity index (χ4v) is 4.14. The number of aryl methyl sites for hydroxylation is 2. The summed E-state index contributed by atoms with van der Waals surface area (Å²) >= 11 is 12.5. The van der Waals surface area contributed by atoms with E-state index in [-0.39, 0.29) is 0 Å². The predicted octanol–water partition coefficient (Wildman–Crippen LogP) is 6.16. The van der Waals surface area contributed by atoms with E-state index in [1.165, 1.54) is 6.20 Å². The summed E-state index contributed by atoms with van der Waals surface area (Å²) in [5.74, 6) is 0.846. The molecule has 0 aliphatic heterocycles. The summed E-state index contributed by atoms with van der Waals surface area (Å²) in [4.78, 5) is 20.9. The molecule has 4 aromatic rings. The monoisotopic (exact) mass is 483 g/mol. The van der Waals surface area contributed by atoms with Crippen LogP contribution in [0.1, 0.15) is 39.8 Å². The average Bonchev–Trinajstić information content (AvgIpc) is 3.10. The van der Waals surface area contributed by atoms with Crippen molar-refractivity contribution in [1.82, 2.24) is 14.5 Å². The van der Waals surface area contributed by atoms with Gasteiger partial charge in [0.2, 0.25) is 5.88 Å². The Balaban J connectivity index is 1.60. The maximum atomic E-state index is 12.0. The number of rotatable bonds is 7.